The van der Waals surface area contributed by atoms with Crippen LogP contribution in [-0.4, -0.2) is 72.0 Å². The van der Waals surface area contributed by atoms with Crippen molar-refractivity contribution < 1.29 is 29.9 Å². The molecule has 6 N–H and O–H groups in total. The summed E-state index contributed by atoms with van der Waals surface area (Å²) >= 11 is 0. The van der Waals surface area contributed by atoms with Crippen molar-refractivity contribution in [3.63, 3.8) is 0 Å². The van der Waals surface area contributed by atoms with Crippen LogP contribution >= 0.6 is 0 Å². The topological polar surface area (TPSA) is 123 Å². The second-order valence-corrected chi connectivity index (χ2v) is 11.5. The third-order valence-electron chi connectivity index (χ3n) is 8.27. The lowest BCUT2D eigenvalue weighted by molar-refractivity contribution is 0.0890. The standard InChI is InChI=1S/C38H48N2O6/c1-27-31(17-9-19-35(27)45-23-11-21-39-33(25-41)37(43)29-13-5-3-6-14-29)32-18-10-20-36(28(32)2)46-24-12-22-40-34(26-42)38(44)30-15-7-4-8-16-30/h3-10,13-20,33-34,37-44H,11-12,21-26H2,1-2H3. The Hall–Kier alpha value is -3.76. The van der Waals surface area contributed by atoms with Gasteiger partial charge in [0.2, 0.25) is 0 Å². The Morgan fingerprint density at radius 3 is 1.30 bits per heavy atom. The first-order chi connectivity index (χ1) is 22.4. The van der Waals surface area contributed by atoms with Gasteiger partial charge in [-0.05, 0) is 85.3 Å². The molecule has 8 heteroatoms. The molecule has 46 heavy (non-hydrogen) atoms. The lowest BCUT2D eigenvalue weighted by Crippen LogP contribution is -2.39. The molecule has 0 radical (unpaired) electrons. The Balaban J connectivity index is 1.26. The summed E-state index contributed by atoms with van der Waals surface area (Å²) in [5, 5.41) is 47.3. The molecule has 0 amide bonds. The molecule has 0 fully saturated rings. The second kappa shape index (κ2) is 18.4. The van der Waals surface area contributed by atoms with Crippen LogP contribution in [0.5, 0.6) is 11.5 Å². The molecule has 0 aliphatic carbocycles. The van der Waals surface area contributed by atoms with Gasteiger partial charge in [0.05, 0.1) is 50.7 Å². The Morgan fingerprint density at radius 2 is 0.935 bits per heavy atom. The molecule has 246 valence electrons. The van der Waals surface area contributed by atoms with Gasteiger partial charge in [-0.2, -0.15) is 0 Å². The van der Waals surface area contributed by atoms with Gasteiger partial charge in [-0.1, -0.05) is 84.9 Å². The molecule has 4 rings (SSSR count). The fourth-order valence-electron chi connectivity index (χ4n) is 5.53. The predicted molar refractivity (Wildman–Crippen MR) is 182 cm³/mol. The lowest BCUT2D eigenvalue weighted by atomic mass is 9.95. The molecular formula is C38H48N2O6. The van der Waals surface area contributed by atoms with Gasteiger partial charge in [0, 0.05) is 0 Å². The van der Waals surface area contributed by atoms with Crippen LogP contribution in [0.2, 0.25) is 0 Å². The van der Waals surface area contributed by atoms with Crippen molar-refractivity contribution in [3.8, 4) is 22.6 Å². The Morgan fingerprint density at radius 1 is 0.543 bits per heavy atom. The van der Waals surface area contributed by atoms with Crippen molar-refractivity contribution in [2.75, 3.05) is 39.5 Å². The van der Waals surface area contributed by atoms with E-state index in [1.807, 2.05) is 84.9 Å². The van der Waals surface area contributed by atoms with Crippen LogP contribution in [0, 0.1) is 13.8 Å². The summed E-state index contributed by atoms with van der Waals surface area (Å²) in [6.07, 6.45) is -0.154. The van der Waals surface area contributed by atoms with Crippen LogP contribution in [0.15, 0.2) is 97.1 Å². The van der Waals surface area contributed by atoms with E-state index in [-0.39, 0.29) is 13.2 Å². The van der Waals surface area contributed by atoms with Crippen LogP contribution in [0.1, 0.15) is 47.3 Å². The largest absolute Gasteiger partial charge is 0.493 e. The summed E-state index contributed by atoms with van der Waals surface area (Å²) in [4.78, 5) is 0. The maximum absolute atomic E-state index is 10.6. The highest BCUT2D eigenvalue weighted by atomic mass is 16.5. The van der Waals surface area contributed by atoms with E-state index < -0.39 is 24.3 Å². The third kappa shape index (κ3) is 9.62. The minimum Gasteiger partial charge on any atom is -0.493 e. The monoisotopic (exact) mass is 628 g/mol. The van der Waals surface area contributed by atoms with Crippen molar-refractivity contribution in [1.82, 2.24) is 10.6 Å². The lowest BCUT2D eigenvalue weighted by Gasteiger charge is -2.23. The zero-order valence-electron chi connectivity index (χ0n) is 26.8. The number of aliphatic hydroxyl groups is 4. The van der Waals surface area contributed by atoms with Gasteiger partial charge in [-0.15, -0.1) is 0 Å². The number of aliphatic hydroxyl groups excluding tert-OH is 4. The number of hydrogen-bond donors (Lipinski definition) is 6. The van der Waals surface area contributed by atoms with E-state index >= 15 is 0 Å². The van der Waals surface area contributed by atoms with Crippen molar-refractivity contribution in [2.24, 2.45) is 0 Å². The molecule has 0 heterocycles. The van der Waals surface area contributed by atoms with E-state index in [0.29, 0.717) is 39.1 Å². The number of ether oxygens (including phenoxy) is 2. The van der Waals surface area contributed by atoms with Gasteiger partial charge in [0.15, 0.2) is 0 Å². The van der Waals surface area contributed by atoms with Gasteiger partial charge in [0.1, 0.15) is 11.5 Å². The summed E-state index contributed by atoms with van der Waals surface area (Å²) in [6.45, 7) is 5.95. The van der Waals surface area contributed by atoms with Crippen LogP contribution in [-0.2, 0) is 0 Å². The normalized spacial score (nSPS) is 14.0. The summed E-state index contributed by atoms with van der Waals surface area (Å²) in [5.74, 6) is 1.63. The van der Waals surface area contributed by atoms with Crippen molar-refractivity contribution in [1.29, 1.82) is 0 Å². The number of nitrogens with one attached hydrogen (secondary N) is 2. The number of rotatable bonds is 19. The first kappa shape index (κ1) is 35.1. The van der Waals surface area contributed by atoms with Crippen LogP contribution < -0.4 is 20.1 Å². The fourth-order valence-corrected chi connectivity index (χ4v) is 5.53. The van der Waals surface area contributed by atoms with Gasteiger partial charge in [-0.25, -0.2) is 0 Å². The quantitative estimate of drug-likeness (QED) is 0.0813. The predicted octanol–water partition coefficient (Wildman–Crippen LogP) is 4.88. The third-order valence-corrected chi connectivity index (χ3v) is 8.27. The van der Waals surface area contributed by atoms with Gasteiger partial charge in [0.25, 0.3) is 0 Å². The molecule has 0 bridgehead atoms. The SMILES string of the molecule is Cc1c(OCCCNC(CO)C(O)c2ccccc2)cccc1-c1cccc(OCCCNC(CO)C(O)c2ccccc2)c1C. The van der Waals surface area contributed by atoms with Crippen molar-refractivity contribution >= 4 is 0 Å². The Kier molecular flexibility index (Phi) is 14.0. The zero-order chi connectivity index (χ0) is 32.7. The molecule has 0 spiro atoms. The van der Waals surface area contributed by atoms with Crippen LogP contribution in [0.25, 0.3) is 11.1 Å². The molecule has 0 aliphatic heterocycles. The van der Waals surface area contributed by atoms with Crippen LogP contribution in [0.4, 0.5) is 0 Å². The number of hydrogen-bond acceptors (Lipinski definition) is 8. The van der Waals surface area contributed by atoms with E-state index in [9.17, 15) is 20.4 Å². The number of benzene rings is 4. The molecule has 4 atom stereocenters. The molecule has 0 saturated heterocycles. The van der Waals surface area contributed by atoms with E-state index in [2.05, 4.69) is 36.6 Å². The fraction of sp³-hybridized carbons (Fsp3) is 0.368. The summed E-state index contributed by atoms with van der Waals surface area (Å²) in [7, 11) is 0. The van der Waals surface area contributed by atoms with E-state index in [0.717, 1.165) is 44.9 Å². The molecule has 4 aromatic rings. The average Bonchev–Trinajstić information content (AvgIpc) is 3.09. The van der Waals surface area contributed by atoms with Gasteiger partial charge >= 0.3 is 0 Å². The molecule has 8 nitrogen and oxygen atoms in total. The summed E-state index contributed by atoms with van der Waals surface area (Å²) < 4.78 is 12.3. The molecule has 4 unspecified atom stereocenters. The van der Waals surface area contributed by atoms with E-state index in [1.54, 1.807) is 0 Å². The molecular weight excluding hydrogens is 580 g/mol. The summed E-state index contributed by atoms with van der Waals surface area (Å²) in [5.41, 5.74) is 5.77. The van der Waals surface area contributed by atoms with Crippen molar-refractivity contribution in [3.05, 3.63) is 119 Å². The maximum atomic E-state index is 10.6. The zero-order valence-corrected chi connectivity index (χ0v) is 26.8. The van der Waals surface area contributed by atoms with Crippen molar-refractivity contribution in [2.45, 2.75) is 51.0 Å². The average molecular weight is 629 g/mol. The highest BCUT2D eigenvalue weighted by molar-refractivity contribution is 5.74. The highest BCUT2D eigenvalue weighted by Crippen LogP contribution is 2.35. The van der Waals surface area contributed by atoms with E-state index in [4.69, 9.17) is 9.47 Å². The smallest absolute Gasteiger partial charge is 0.122 e. The molecule has 0 saturated carbocycles. The second-order valence-electron chi connectivity index (χ2n) is 11.5. The summed E-state index contributed by atoms with van der Waals surface area (Å²) in [6, 6.07) is 29.9. The van der Waals surface area contributed by atoms with Gasteiger partial charge < -0.3 is 40.5 Å². The maximum Gasteiger partial charge on any atom is 0.122 e. The molecule has 0 aliphatic rings. The Bertz CT molecular complexity index is 1340. The first-order valence-corrected chi connectivity index (χ1v) is 16.0. The molecule has 4 aromatic carbocycles. The highest BCUT2D eigenvalue weighted by Gasteiger charge is 2.20. The minimum atomic E-state index is -0.789. The van der Waals surface area contributed by atoms with E-state index in [1.165, 1.54) is 0 Å². The minimum absolute atomic E-state index is 0.167. The van der Waals surface area contributed by atoms with Crippen LogP contribution in [0.3, 0.4) is 0 Å². The first-order valence-electron chi connectivity index (χ1n) is 16.0. The molecule has 0 aromatic heterocycles. The Labute approximate surface area is 272 Å². The van der Waals surface area contributed by atoms with Gasteiger partial charge in [-0.3, -0.25) is 0 Å².